The van der Waals surface area contributed by atoms with Gasteiger partial charge in [-0.15, -0.1) is 0 Å². The van der Waals surface area contributed by atoms with Gasteiger partial charge in [0, 0.05) is 24.4 Å². The summed E-state index contributed by atoms with van der Waals surface area (Å²) in [5.74, 6) is 0. The van der Waals surface area contributed by atoms with Crippen molar-refractivity contribution < 1.29 is 4.74 Å². The first kappa shape index (κ1) is 13.1. The molecule has 0 radical (unpaired) electrons. The van der Waals surface area contributed by atoms with E-state index in [0.717, 1.165) is 25.0 Å². The number of aromatic nitrogens is 2. The van der Waals surface area contributed by atoms with Crippen molar-refractivity contribution in [2.24, 2.45) is 5.73 Å². The van der Waals surface area contributed by atoms with Gasteiger partial charge in [-0.1, -0.05) is 19.3 Å². The standard InChI is InChI=1S/C15H25N3O/c1-12(16)13-10-17-18(11-13)14-5-8-19-15(9-14)6-3-2-4-7-15/h10-12,14H,2-9,16H2,1H3. The Morgan fingerprint density at radius 2 is 2.21 bits per heavy atom. The van der Waals surface area contributed by atoms with Crippen LogP contribution in [-0.4, -0.2) is 22.0 Å². The van der Waals surface area contributed by atoms with E-state index >= 15 is 0 Å². The van der Waals surface area contributed by atoms with E-state index in [1.807, 2.05) is 13.1 Å². The maximum Gasteiger partial charge on any atom is 0.0703 e. The molecule has 1 saturated carbocycles. The van der Waals surface area contributed by atoms with Crippen LogP contribution in [0.4, 0.5) is 0 Å². The lowest BCUT2D eigenvalue weighted by Gasteiger charge is -2.43. The van der Waals surface area contributed by atoms with Gasteiger partial charge < -0.3 is 10.5 Å². The Morgan fingerprint density at radius 1 is 1.42 bits per heavy atom. The van der Waals surface area contributed by atoms with Crippen LogP contribution in [0, 0.1) is 0 Å². The van der Waals surface area contributed by atoms with Gasteiger partial charge in [0.1, 0.15) is 0 Å². The van der Waals surface area contributed by atoms with Gasteiger partial charge in [-0.2, -0.15) is 5.10 Å². The number of nitrogens with zero attached hydrogens (tertiary/aromatic N) is 2. The van der Waals surface area contributed by atoms with Crippen molar-refractivity contribution in [2.45, 2.75) is 69.6 Å². The van der Waals surface area contributed by atoms with Gasteiger partial charge in [-0.3, -0.25) is 4.68 Å². The molecule has 2 aliphatic rings. The summed E-state index contributed by atoms with van der Waals surface area (Å²) in [7, 11) is 0. The van der Waals surface area contributed by atoms with Crippen LogP contribution in [0.5, 0.6) is 0 Å². The molecule has 4 nitrogen and oxygen atoms in total. The van der Waals surface area contributed by atoms with E-state index in [-0.39, 0.29) is 11.6 Å². The van der Waals surface area contributed by atoms with Crippen molar-refractivity contribution in [3.63, 3.8) is 0 Å². The molecule has 0 bridgehead atoms. The van der Waals surface area contributed by atoms with E-state index < -0.39 is 0 Å². The maximum atomic E-state index is 6.15. The summed E-state index contributed by atoms with van der Waals surface area (Å²) in [6.07, 6.45) is 12.7. The van der Waals surface area contributed by atoms with E-state index in [0.29, 0.717) is 6.04 Å². The highest BCUT2D eigenvalue weighted by Gasteiger charge is 2.39. The predicted molar refractivity (Wildman–Crippen MR) is 74.9 cm³/mol. The predicted octanol–water partition coefficient (Wildman–Crippen LogP) is 2.96. The third-order valence-corrected chi connectivity index (χ3v) is 4.75. The fraction of sp³-hybridized carbons (Fsp3) is 0.800. The third kappa shape index (κ3) is 2.70. The number of nitrogens with two attached hydrogens (primary N) is 1. The van der Waals surface area contributed by atoms with Crippen molar-refractivity contribution in [2.75, 3.05) is 6.61 Å². The lowest BCUT2D eigenvalue weighted by atomic mass is 9.78. The summed E-state index contributed by atoms with van der Waals surface area (Å²) in [6, 6.07) is 0.552. The molecule has 2 unspecified atom stereocenters. The van der Waals surface area contributed by atoms with E-state index in [1.54, 1.807) is 0 Å². The molecule has 2 atom stereocenters. The topological polar surface area (TPSA) is 53.1 Å². The smallest absolute Gasteiger partial charge is 0.0703 e. The molecule has 1 saturated heterocycles. The number of ether oxygens (including phenoxy) is 1. The zero-order valence-electron chi connectivity index (χ0n) is 11.8. The van der Waals surface area contributed by atoms with Gasteiger partial charge in [0.05, 0.1) is 17.8 Å². The molecule has 0 aromatic carbocycles. The lowest BCUT2D eigenvalue weighted by molar-refractivity contribution is -0.115. The average molecular weight is 263 g/mol. The largest absolute Gasteiger partial charge is 0.375 e. The van der Waals surface area contributed by atoms with Crippen molar-refractivity contribution in [3.05, 3.63) is 18.0 Å². The van der Waals surface area contributed by atoms with Crippen LogP contribution in [0.1, 0.15) is 69.5 Å². The summed E-state index contributed by atoms with van der Waals surface area (Å²) >= 11 is 0. The molecule has 106 valence electrons. The SMILES string of the molecule is CC(N)c1cnn(C2CCOC3(CCCCC3)C2)c1. The van der Waals surface area contributed by atoms with Crippen LogP contribution >= 0.6 is 0 Å². The van der Waals surface area contributed by atoms with Crippen LogP contribution < -0.4 is 5.73 Å². The first-order chi connectivity index (χ1) is 9.19. The third-order valence-electron chi connectivity index (χ3n) is 4.75. The monoisotopic (exact) mass is 263 g/mol. The van der Waals surface area contributed by atoms with Crippen LogP contribution in [0.2, 0.25) is 0 Å². The Bertz CT molecular complexity index is 415. The second-order valence-electron chi connectivity index (χ2n) is 6.28. The molecule has 1 spiro atoms. The lowest BCUT2D eigenvalue weighted by Crippen LogP contribution is -2.42. The Labute approximate surface area is 115 Å². The minimum absolute atomic E-state index is 0.0669. The van der Waals surface area contributed by atoms with Gasteiger partial charge in [-0.05, 0) is 32.6 Å². The summed E-state index contributed by atoms with van der Waals surface area (Å²) < 4.78 is 8.27. The van der Waals surface area contributed by atoms with Gasteiger partial charge >= 0.3 is 0 Å². The van der Waals surface area contributed by atoms with Crippen LogP contribution in [0.25, 0.3) is 0 Å². The van der Waals surface area contributed by atoms with E-state index in [9.17, 15) is 0 Å². The molecule has 1 aromatic heterocycles. The Morgan fingerprint density at radius 3 is 2.89 bits per heavy atom. The molecule has 4 heteroatoms. The van der Waals surface area contributed by atoms with Gasteiger partial charge in [0.25, 0.3) is 0 Å². The minimum atomic E-state index is 0.0669. The molecular formula is C15H25N3O. The fourth-order valence-corrected chi connectivity index (χ4v) is 3.56. The molecule has 2 N–H and O–H groups in total. The van der Waals surface area contributed by atoms with Crippen molar-refractivity contribution >= 4 is 0 Å². The van der Waals surface area contributed by atoms with Crippen LogP contribution in [0.15, 0.2) is 12.4 Å². The first-order valence-electron chi connectivity index (χ1n) is 7.62. The Balaban J connectivity index is 1.73. The quantitative estimate of drug-likeness (QED) is 0.892. The van der Waals surface area contributed by atoms with Gasteiger partial charge in [-0.25, -0.2) is 0 Å². The van der Waals surface area contributed by atoms with Crippen LogP contribution in [0.3, 0.4) is 0 Å². The van der Waals surface area contributed by atoms with Gasteiger partial charge in [0.2, 0.25) is 0 Å². The highest BCUT2D eigenvalue weighted by atomic mass is 16.5. The number of rotatable bonds is 2. The molecule has 19 heavy (non-hydrogen) atoms. The molecule has 2 heterocycles. The normalized spacial score (nSPS) is 28.4. The highest BCUT2D eigenvalue weighted by Crippen LogP contribution is 2.42. The fourth-order valence-electron chi connectivity index (χ4n) is 3.56. The maximum absolute atomic E-state index is 6.15. The Hall–Kier alpha value is -0.870. The molecule has 2 fully saturated rings. The molecular weight excluding hydrogens is 238 g/mol. The summed E-state index contributed by atoms with van der Waals surface area (Å²) in [4.78, 5) is 0. The zero-order valence-corrected chi connectivity index (χ0v) is 11.8. The molecule has 3 rings (SSSR count). The summed E-state index contributed by atoms with van der Waals surface area (Å²) in [5.41, 5.74) is 7.18. The van der Waals surface area contributed by atoms with Crippen LogP contribution in [-0.2, 0) is 4.74 Å². The minimum Gasteiger partial charge on any atom is -0.375 e. The Kier molecular flexibility index (Phi) is 3.63. The van der Waals surface area contributed by atoms with Crippen molar-refractivity contribution in [1.29, 1.82) is 0 Å². The average Bonchev–Trinajstić information content (AvgIpc) is 2.89. The summed E-state index contributed by atoms with van der Waals surface area (Å²) in [5, 5.41) is 4.52. The number of hydrogen-bond donors (Lipinski definition) is 1. The second-order valence-corrected chi connectivity index (χ2v) is 6.28. The van der Waals surface area contributed by atoms with Crippen molar-refractivity contribution in [1.82, 2.24) is 9.78 Å². The molecule has 1 aromatic rings. The molecule has 0 amide bonds. The highest BCUT2D eigenvalue weighted by molar-refractivity contribution is 5.09. The second kappa shape index (κ2) is 5.25. The zero-order chi connectivity index (χ0) is 13.3. The number of hydrogen-bond acceptors (Lipinski definition) is 3. The van der Waals surface area contributed by atoms with Crippen molar-refractivity contribution in [3.8, 4) is 0 Å². The molecule has 1 aliphatic heterocycles. The van der Waals surface area contributed by atoms with E-state index in [4.69, 9.17) is 10.5 Å². The molecule has 1 aliphatic carbocycles. The van der Waals surface area contributed by atoms with Gasteiger partial charge in [0.15, 0.2) is 0 Å². The van der Waals surface area contributed by atoms with E-state index in [2.05, 4.69) is 16.0 Å². The summed E-state index contributed by atoms with van der Waals surface area (Å²) in [6.45, 7) is 2.88. The van der Waals surface area contributed by atoms with E-state index in [1.165, 1.54) is 32.1 Å². The first-order valence-corrected chi connectivity index (χ1v) is 7.62.